The molecule has 0 N–H and O–H groups in total. The number of hydrogen-bond donors (Lipinski definition) is 0. The van der Waals surface area contributed by atoms with Gasteiger partial charge in [0.25, 0.3) is 0 Å². The molecule has 182 valence electrons. The first-order valence-electron chi connectivity index (χ1n) is 10.1. The number of halogens is 8. The molecule has 3 aromatic rings. The summed E-state index contributed by atoms with van der Waals surface area (Å²) in [5.74, 6) is -5.87. The fourth-order valence-electron chi connectivity index (χ4n) is 3.20. The smallest absolute Gasteiger partial charge is 0.429 e. The SMILES string of the molecule is CCc1ccc(C(F)(F)Oc2ccc(CCc3cc(F)c(OC(F)(F)F)c(F)c3)cc2)c(F)c1. The lowest BCUT2D eigenvalue weighted by Crippen LogP contribution is -2.23. The third-order valence-electron chi connectivity index (χ3n) is 4.90. The molecule has 0 amide bonds. The molecule has 10 heteroatoms. The van der Waals surface area contributed by atoms with Crippen LogP contribution >= 0.6 is 0 Å². The van der Waals surface area contributed by atoms with Crippen LogP contribution in [-0.2, 0) is 25.4 Å². The summed E-state index contributed by atoms with van der Waals surface area (Å²) in [6.07, 6.45) is -8.44. The van der Waals surface area contributed by atoms with E-state index in [1.54, 1.807) is 6.92 Å². The van der Waals surface area contributed by atoms with Crippen molar-refractivity contribution in [2.75, 3.05) is 0 Å². The minimum atomic E-state index is -5.24. The summed E-state index contributed by atoms with van der Waals surface area (Å²) >= 11 is 0. The van der Waals surface area contributed by atoms with Gasteiger partial charge in [-0.3, -0.25) is 0 Å². The lowest BCUT2D eigenvalue weighted by Gasteiger charge is -2.19. The van der Waals surface area contributed by atoms with Crippen molar-refractivity contribution < 1.29 is 44.6 Å². The second-order valence-electron chi connectivity index (χ2n) is 7.37. The number of benzene rings is 3. The molecule has 0 heterocycles. The maximum absolute atomic E-state index is 14.4. The number of aryl methyl sites for hydroxylation is 3. The standard InChI is InChI=1S/C24H18F8O2/c1-2-14-7-10-18(19(25)11-14)23(28,29)33-17-8-5-15(6-9-17)3-4-16-12-20(26)22(21(27)13-16)34-24(30,31)32/h5-13H,2-4H2,1H3. The summed E-state index contributed by atoms with van der Waals surface area (Å²) in [5, 5.41) is 0. The molecule has 3 rings (SSSR count). The number of rotatable bonds is 8. The van der Waals surface area contributed by atoms with E-state index < -0.39 is 41.2 Å². The van der Waals surface area contributed by atoms with Gasteiger partial charge in [0.2, 0.25) is 5.75 Å². The molecule has 34 heavy (non-hydrogen) atoms. The summed E-state index contributed by atoms with van der Waals surface area (Å²) in [4.78, 5) is 0. The molecular weight excluding hydrogens is 472 g/mol. The second kappa shape index (κ2) is 9.90. The fraction of sp³-hybridized carbons (Fsp3) is 0.250. The summed E-state index contributed by atoms with van der Waals surface area (Å²) in [6, 6.07) is 10.1. The summed E-state index contributed by atoms with van der Waals surface area (Å²) < 4.78 is 115. The maximum atomic E-state index is 14.4. The van der Waals surface area contributed by atoms with Crippen molar-refractivity contribution in [3.63, 3.8) is 0 Å². The molecule has 0 radical (unpaired) electrons. The topological polar surface area (TPSA) is 18.5 Å². The third-order valence-corrected chi connectivity index (χ3v) is 4.90. The van der Waals surface area contributed by atoms with Crippen LogP contribution in [0.5, 0.6) is 11.5 Å². The molecule has 0 bridgehead atoms. The second-order valence-corrected chi connectivity index (χ2v) is 7.37. The zero-order valence-electron chi connectivity index (χ0n) is 17.7. The average molecular weight is 490 g/mol. The summed E-state index contributed by atoms with van der Waals surface area (Å²) in [7, 11) is 0. The molecule has 0 saturated carbocycles. The summed E-state index contributed by atoms with van der Waals surface area (Å²) in [5.41, 5.74) is 0.299. The summed E-state index contributed by atoms with van der Waals surface area (Å²) in [6.45, 7) is 1.76. The van der Waals surface area contributed by atoms with E-state index in [4.69, 9.17) is 0 Å². The van der Waals surface area contributed by atoms with Crippen molar-refractivity contribution >= 4 is 0 Å². The zero-order chi connectivity index (χ0) is 25.1. The molecule has 0 atom stereocenters. The van der Waals surface area contributed by atoms with E-state index in [9.17, 15) is 35.1 Å². The Morgan fingerprint density at radius 1 is 0.647 bits per heavy atom. The Kier molecular flexibility index (Phi) is 7.38. The Bertz CT molecular complexity index is 1120. The van der Waals surface area contributed by atoms with Gasteiger partial charge < -0.3 is 9.47 Å². The molecular formula is C24H18F8O2. The van der Waals surface area contributed by atoms with E-state index >= 15 is 0 Å². The number of alkyl halides is 5. The van der Waals surface area contributed by atoms with Crippen molar-refractivity contribution in [2.24, 2.45) is 0 Å². The first-order chi connectivity index (χ1) is 15.9. The third kappa shape index (κ3) is 6.39. The van der Waals surface area contributed by atoms with Gasteiger partial charge in [-0.15, -0.1) is 13.2 Å². The van der Waals surface area contributed by atoms with E-state index in [0.717, 1.165) is 24.3 Å². The van der Waals surface area contributed by atoms with Crippen molar-refractivity contribution in [2.45, 2.75) is 38.7 Å². The molecule has 0 unspecified atom stereocenters. The van der Waals surface area contributed by atoms with Gasteiger partial charge in [0.05, 0.1) is 5.56 Å². The van der Waals surface area contributed by atoms with Crippen molar-refractivity contribution in [3.8, 4) is 11.5 Å². The van der Waals surface area contributed by atoms with Gasteiger partial charge in [-0.1, -0.05) is 25.1 Å². The minimum absolute atomic E-state index is 0.0471. The maximum Gasteiger partial charge on any atom is 0.573 e. The van der Waals surface area contributed by atoms with E-state index in [2.05, 4.69) is 9.47 Å². The van der Waals surface area contributed by atoms with Crippen molar-refractivity contribution in [1.29, 1.82) is 0 Å². The normalized spacial score (nSPS) is 12.0. The predicted molar refractivity (Wildman–Crippen MR) is 107 cm³/mol. The van der Waals surface area contributed by atoms with Gasteiger partial charge in [0, 0.05) is 0 Å². The molecule has 2 nitrogen and oxygen atoms in total. The first kappa shape index (κ1) is 25.3. The Balaban J connectivity index is 1.65. The molecule has 0 spiro atoms. The van der Waals surface area contributed by atoms with Gasteiger partial charge in [-0.05, 0) is 72.4 Å². The van der Waals surface area contributed by atoms with Crippen LogP contribution in [-0.4, -0.2) is 6.36 Å². The predicted octanol–water partition coefficient (Wildman–Crippen LogP) is 7.48. The van der Waals surface area contributed by atoms with Crippen molar-refractivity contribution in [3.05, 3.63) is 94.3 Å². The molecule has 0 aromatic heterocycles. The first-order valence-corrected chi connectivity index (χ1v) is 10.1. The number of hydrogen-bond acceptors (Lipinski definition) is 2. The highest BCUT2D eigenvalue weighted by Gasteiger charge is 2.37. The van der Waals surface area contributed by atoms with Crippen LogP contribution in [0.25, 0.3) is 0 Å². The minimum Gasteiger partial charge on any atom is -0.429 e. The van der Waals surface area contributed by atoms with Crippen LogP contribution in [0.15, 0.2) is 54.6 Å². The van der Waals surface area contributed by atoms with E-state index in [0.29, 0.717) is 17.5 Å². The van der Waals surface area contributed by atoms with Crippen LogP contribution in [0, 0.1) is 17.5 Å². The molecule has 0 fully saturated rings. The van der Waals surface area contributed by atoms with Crippen LogP contribution in [0.3, 0.4) is 0 Å². The Hall–Kier alpha value is -3.30. The van der Waals surface area contributed by atoms with E-state index in [1.807, 2.05) is 0 Å². The fourth-order valence-corrected chi connectivity index (χ4v) is 3.20. The van der Waals surface area contributed by atoms with Crippen LogP contribution in [0.4, 0.5) is 35.1 Å². The quantitative estimate of drug-likeness (QED) is 0.305. The lowest BCUT2D eigenvalue weighted by molar-refractivity contribution is -0.276. The van der Waals surface area contributed by atoms with Crippen LogP contribution in [0.2, 0.25) is 0 Å². The van der Waals surface area contributed by atoms with Crippen molar-refractivity contribution in [1.82, 2.24) is 0 Å². The monoisotopic (exact) mass is 490 g/mol. The largest absolute Gasteiger partial charge is 0.573 e. The Morgan fingerprint density at radius 2 is 1.18 bits per heavy atom. The van der Waals surface area contributed by atoms with Gasteiger partial charge in [-0.2, -0.15) is 8.78 Å². The number of ether oxygens (including phenoxy) is 2. The van der Waals surface area contributed by atoms with E-state index in [-0.39, 0.29) is 24.2 Å². The van der Waals surface area contributed by atoms with Crippen LogP contribution in [0.1, 0.15) is 29.2 Å². The Morgan fingerprint density at radius 3 is 1.71 bits per heavy atom. The highest BCUT2D eigenvalue weighted by Crippen LogP contribution is 2.34. The highest BCUT2D eigenvalue weighted by atomic mass is 19.4. The molecule has 0 aliphatic heterocycles. The molecule has 3 aromatic carbocycles. The highest BCUT2D eigenvalue weighted by molar-refractivity contribution is 5.34. The average Bonchev–Trinajstić information content (AvgIpc) is 2.74. The lowest BCUT2D eigenvalue weighted by atomic mass is 10.0. The van der Waals surface area contributed by atoms with Gasteiger partial charge >= 0.3 is 12.5 Å². The van der Waals surface area contributed by atoms with Gasteiger partial charge in [-0.25, -0.2) is 13.2 Å². The van der Waals surface area contributed by atoms with Gasteiger partial charge in [0.15, 0.2) is 11.6 Å². The molecule has 0 aliphatic carbocycles. The van der Waals surface area contributed by atoms with Gasteiger partial charge in [0.1, 0.15) is 11.6 Å². The van der Waals surface area contributed by atoms with E-state index in [1.165, 1.54) is 30.3 Å². The van der Waals surface area contributed by atoms with Crippen LogP contribution < -0.4 is 9.47 Å². The molecule has 0 aliphatic rings. The zero-order valence-corrected chi connectivity index (χ0v) is 17.7. The Labute approximate surface area is 189 Å². The molecule has 0 saturated heterocycles.